The van der Waals surface area contributed by atoms with Gasteiger partial charge in [-0.1, -0.05) is 46.5 Å². The van der Waals surface area contributed by atoms with Crippen molar-refractivity contribution in [3.63, 3.8) is 0 Å². The molecule has 0 heterocycles. The Hall–Kier alpha value is 0.350. The van der Waals surface area contributed by atoms with Crippen LogP contribution in [0.2, 0.25) is 0 Å². The van der Waals surface area contributed by atoms with Gasteiger partial charge in [0.15, 0.2) is 0 Å². The lowest BCUT2D eigenvalue weighted by atomic mass is 10.3. The normalized spacial score (nSPS) is 11.8. The maximum absolute atomic E-state index is 2.32. The summed E-state index contributed by atoms with van der Waals surface area (Å²) in [6, 6.07) is 0. The van der Waals surface area contributed by atoms with E-state index in [1.165, 1.54) is 44.9 Å². The van der Waals surface area contributed by atoms with Crippen LogP contribution in [0.15, 0.2) is 0 Å². The monoisotopic (exact) mass is 218 g/mol. The first kappa shape index (κ1) is 14.3. The van der Waals surface area contributed by atoms with E-state index in [2.05, 4.69) is 20.8 Å². The van der Waals surface area contributed by atoms with E-state index in [1.54, 1.807) is 17.3 Å². The van der Waals surface area contributed by atoms with Gasteiger partial charge in [-0.05, 0) is 36.5 Å². The maximum Gasteiger partial charge on any atom is -0.0253 e. The summed E-state index contributed by atoms with van der Waals surface area (Å²) in [4.78, 5) is 0. The van der Waals surface area contributed by atoms with Gasteiger partial charge in [-0.3, -0.25) is 10.9 Å². The highest BCUT2D eigenvalue weighted by Crippen LogP contribution is 2.29. The highest BCUT2D eigenvalue weighted by molar-refractivity contribution is 8.17. The molecule has 0 aliphatic heterocycles. The quantitative estimate of drug-likeness (QED) is 0.396. The highest BCUT2D eigenvalue weighted by Gasteiger charge is 2.02. The van der Waals surface area contributed by atoms with Crippen LogP contribution < -0.4 is 0 Å². The zero-order valence-electron chi connectivity index (χ0n) is 10.5. The van der Waals surface area contributed by atoms with Gasteiger partial charge in [0.2, 0.25) is 0 Å². The summed E-state index contributed by atoms with van der Waals surface area (Å²) in [7, 11) is 0.416. The summed E-state index contributed by atoms with van der Waals surface area (Å²) in [6.07, 6.45) is 10.1. The van der Waals surface area contributed by atoms with Gasteiger partial charge in [0.1, 0.15) is 0 Å². The summed E-state index contributed by atoms with van der Waals surface area (Å²) in [5.74, 6) is 4.66. The largest absolute Gasteiger partial charge is 0.253 e. The third-order valence-electron chi connectivity index (χ3n) is 2.73. The van der Waals surface area contributed by atoms with E-state index in [0.29, 0.717) is 10.9 Å². The van der Waals surface area contributed by atoms with Gasteiger partial charge in [0.25, 0.3) is 0 Å². The number of hydrogen-bond donors (Lipinski definition) is 1. The maximum atomic E-state index is 2.32. The van der Waals surface area contributed by atoms with E-state index in [1.807, 2.05) is 0 Å². The van der Waals surface area contributed by atoms with Crippen molar-refractivity contribution in [2.45, 2.75) is 65.7 Å². The van der Waals surface area contributed by atoms with Gasteiger partial charge in [0, 0.05) is 0 Å². The molecule has 0 saturated carbocycles. The Labute approximate surface area is 94.2 Å². The van der Waals surface area contributed by atoms with Crippen molar-refractivity contribution >= 4 is 10.9 Å². The molecule has 0 aromatic heterocycles. The second-order valence-electron chi connectivity index (χ2n) is 4.26. The van der Waals surface area contributed by atoms with Gasteiger partial charge in [0.05, 0.1) is 0 Å². The lowest BCUT2D eigenvalue weighted by Crippen LogP contribution is -1.99. The summed E-state index contributed by atoms with van der Waals surface area (Å²) in [6.45, 7) is 6.94. The molecule has 0 radical (unpaired) electrons. The Balaban J connectivity index is 3.49. The Morgan fingerprint density at radius 1 is 0.571 bits per heavy atom. The molecule has 0 fully saturated rings. The predicted molar refractivity (Wildman–Crippen MR) is 72.9 cm³/mol. The van der Waals surface area contributed by atoms with E-state index >= 15 is 0 Å². The Kier molecular flexibility index (Phi) is 11.7. The molecule has 0 aromatic rings. The second-order valence-corrected chi connectivity index (χ2v) is 6.94. The van der Waals surface area contributed by atoms with Crippen molar-refractivity contribution in [3.8, 4) is 0 Å². The molecule has 0 aliphatic carbocycles. The average Bonchev–Trinajstić information content (AvgIpc) is 2.21. The fraction of sp³-hybridized carbons (Fsp3) is 1.00. The van der Waals surface area contributed by atoms with Crippen molar-refractivity contribution < 1.29 is 0 Å². The van der Waals surface area contributed by atoms with Crippen LogP contribution >= 0.6 is 10.9 Å². The highest BCUT2D eigenvalue weighted by atomic mass is 32.2. The fourth-order valence-corrected chi connectivity index (χ4v) is 4.55. The topological polar surface area (TPSA) is 0 Å². The van der Waals surface area contributed by atoms with Crippen LogP contribution in [0, 0.1) is 0 Å². The van der Waals surface area contributed by atoms with Crippen LogP contribution in [0.4, 0.5) is 0 Å². The third kappa shape index (κ3) is 8.93. The molecular weight excluding hydrogens is 188 g/mol. The van der Waals surface area contributed by atoms with Crippen LogP contribution in [0.25, 0.3) is 0 Å². The van der Waals surface area contributed by atoms with Crippen molar-refractivity contribution in [1.29, 1.82) is 0 Å². The van der Waals surface area contributed by atoms with E-state index in [9.17, 15) is 0 Å². The minimum absolute atomic E-state index is 0.416. The smallest absolute Gasteiger partial charge is 0.0253 e. The number of hydrogen-bond acceptors (Lipinski definition) is 0. The third-order valence-corrected chi connectivity index (χ3v) is 5.58. The molecular formula is C13H30S. The molecule has 14 heavy (non-hydrogen) atoms. The standard InChI is InChI=1S/C13H30S/c1-4-7-10-13-14(11-8-5-2)12-9-6-3/h14H,4-13H2,1-3H3. The number of unbranched alkanes of at least 4 members (excludes halogenated alkanes) is 4. The van der Waals surface area contributed by atoms with E-state index in [-0.39, 0.29) is 0 Å². The first-order valence-corrected chi connectivity index (χ1v) is 8.47. The van der Waals surface area contributed by atoms with E-state index in [4.69, 9.17) is 0 Å². The molecule has 0 unspecified atom stereocenters. The molecule has 0 atom stereocenters. The Morgan fingerprint density at radius 3 is 1.43 bits per heavy atom. The van der Waals surface area contributed by atoms with Crippen LogP contribution in [0.1, 0.15) is 65.7 Å². The predicted octanol–water partition coefficient (Wildman–Crippen LogP) is 4.78. The summed E-state index contributed by atoms with van der Waals surface area (Å²) < 4.78 is 0. The molecule has 0 rings (SSSR count). The molecule has 0 spiro atoms. The molecule has 1 heteroatoms. The molecule has 0 nitrogen and oxygen atoms in total. The van der Waals surface area contributed by atoms with Gasteiger partial charge in [-0.15, -0.1) is 0 Å². The van der Waals surface area contributed by atoms with Gasteiger partial charge >= 0.3 is 0 Å². The first-order chi connectivity index (χ1) is 6.85. The fourth-order valence-electron chi connectivity index (χ4n) is 1.68. The van der Waals surface area contributed by atoms with Crippen molar-refractivity contribution in [2.24, 2.45) is 0 Å². The van der Waals surface area contributed by atoms with Crippen LogP contribution in [-0.2, 0) is 0 Å². The van der Waals surface area contributed by atoms with Crippen LogP contribution in [0.3, 0.4) is 0 Å². The zero-order chi connectivity index (χ0) is 10.6. The van der Waals surface area contributed by atoms with Gasteiger partial charge in [-0.25, -0.2) is 0 Å². The van der Waals surface area contributed by atoms with Gasteiger partial charge in [-0.2, -0.15) is 0 Å². The van der Waals surface area contributed by atoms with E-state index < -0.39 is 0 Å². The van der Waals surface area contributed by atoms with Crippen molar-refractivity contribution in [3.05, 3.63) is 0 Å². The molecule has 0 aliphatic rings. The zero-order valence-corrected chi connectivity index (χ0v) is 11.4. The van der Waals surface area contributed by atoms with Gasteiger partial charge < -0.3 is 0 Å². The number of thiol groups is 1. The second kappa shape index (κ2) is 11.4. The molecule has 0 amide bonds. The van der Waals surface area contributed by atoms with Crippen LogP contribution in [-0.4, -0.2) is 17.3 Å². The number of rotatable bonds is 10. The minimum atomic E-state index is 0.416. The summed E-state index contributed by atoms with van der Waals surface area (Å²) in [5.41, 5.74) is 0. The summed E-state index contributed by atoms with van der Waals surface area (Å²) >= 11 is 0. The average molecular weight is 218 g/mol. The first-order valence-electron chi connectivity index (χ1n) is 6.57. The molecule has 0 N–H and O–H groups in total. The SMILES string of the molecule is CCCCC[SH](CCCC)CCCC. The summed E-state index contributed by atoms with van der Waals surface area (Å²) in [5, 5.41) is 0. The van der Waals surface area contributed by atoms with Crippen LogP contribution in [0.5, 0.6) is 0 Å². The minimum Gasteiger partial charge on any atom is -0.253 e. The lowest BCUT2D eigenvalue weighted by molar-refractivity contribution is 0.774. The Bertz CT molecular complexity index is 93.4. The molecule has 0 aromatic carbocycles. The Morgan fingerprint density at radius 2 is 1.00 bits per heavy atom. The van der Waals surface area contributed by atoms with Crippen molar-refractivity contribution in [2.75, 3.05) is 17.3 Å². The lowest BCUT2D eigenvalue weighted by Gasteiger charge is -2.21. The molecule has 88 valence electrons. The molecule has 0 saturated heterocycles. The van der Waals surface area contributed by atoms with Crippen molar-refractivity contribution in [1.82, 2.24) is 0 Å². The van der Waals surface area contributed by atoms with E-state index in [0.717, 1.165) is 0 Å². The molecule has 0 bridgehead atoms.